The Balaban J connectivity index is 1.93. The van der Waals surface area contributed by atoms with Crippen LogP contribution >= 0.6 is 0 Å². The van der Waals surface area contributed by atoms with Crippen molar-refractivity contribution in [1.82, 2.24) is 14.9 Å². The van der Waals surface area contributed by atoms with Crippen LogP contribution in [0.5, 0.6) is 0 Å². The maximum atomic E-state index is 11.5. The number of hydrogen-bond acceptors (Lipinski definition) is 4. The van der Waals surface area contributed by atoms with Crippen LogP contribution in [0.1, 0.15) is 13.3 Å². The van der Waals surface area contributed by atoms with E-state index in [4.69, 9.17) is 0 Å². The van der Waals surface area contributed by atoms with E-state index in [0.717, 1.165) is 32.0 Å². The summed E-state index contributed by atoms with van der Waals surface area (Å²) < 4.78 is 0. The minimum absolute atomic E-state index is 0.235. The Morgan fingerprint density at radius 1 is 1.31 bits per heavy atom. The van der Waals surface area contributed by atoms with Gasteiger partial charge >= 0.3 is 0 Å². The largest absolute Gasteiger partial charge is 0.352 e. The Hall–Kier alpha value is -1.65. The fourth-order valence-electron chi connectivity index (χ4n) is 1.86. The molecule has 0 saturated carbocycles. The Bertz CT molecular complexity index is 346. The maximum absolute atomic E-state index is 11.5. The van der Waals surface area contributed by atoms with E-state index >= 15 is 0 Å². The molecule has 0 bridgehead atoms. The van der Waals surface area contributed by atoms with Crippen molar-refractivity contribution in [2.24, 2.45) is 0 Å². The molecule has 5 nitrogen and oxygen atoms in total. The molecule has 1 aliphatic rings. The zero-order valence-corrected chi connectivity index (χ0v) is 9.46. The fourth-order valence-corrected chi connectivity index (χ4v) is 1.86. The van der Waals surface area contributed by atoms with Crippen LogP contribution in [0.25, 0.3) is 0 Å². The predicted molar refractivity (Wildman–Crippen MR) is 61.1 cm³/mol. The number of anilines is 1. The van der Waals surface area contributed by atoms with Crippen molar-refractivity contribution >= 4 is 11.7 Å². The number of carbonyl (C=O) groups is 1. The van der Waals surface area contributed by atoms with Gasteiger partial charge in [0.1, 0.15) is 5.82 Å². The second-order valence-electron chi connectivity index (χ2n) is 3.78. The van der Waals surface area contributed by atoms with Crippen LogP contribution in [0.3, 0.4) is 0 Å². The second kappa shape index (κ2) is 4.92. The van der Waals surface area contributed by atoms with Crippen LogP contribution in [0.2, 0.25) is 0 Å². The van der Waals surface area contributed by atoms with E-state index < -0.39 is 0 Å². The van der Waals surface area contributed by atoms with Gasteiger partial charge in [-0.1, -0.05) is 6.92 Å². The molecule has 1 aromatic heterocycles. The quantitative estimate of drug-likeness (QED) is 0.729. The van der Waals surface area contributed by atoms with Crippen LogP contribution in [0.4, 0.5) is 5.82 Å². The van der Waals surface area contributed by atoms with E-state index in [2.05, 4.69) is 14.9 Å². The first-order valence-electron chi connectivity index (χ1n) is 5.60. The van der Waals surface area contributed by atoms with Crippen LogP contribution in [-0.2, 0) is 4.79 Å². The molecule has 1 amide bonds. The van der Waals surface area contributed by atoms with Crippen LogP contribution in [0, 0.1) is 0 Å². The molecule has 5 heteroatoms. The standard InChI is InChI=1S/C11H16N4O/c1-2-11(16)15-7-5-14(6-8-15)10-9-12-3-4-13-10/h3-4,9H,2,5-8H2,1H3. The summed E-state index contributed by atoms with van der Waals surface area (Å²) in [6, 6.07) is 0. The third kappa shape index (κ3) is 2.29. The van der Waals surface area contributed by atoms with Crippen molar-refractivity contribution in [3.8, 4) is 0 Å². The van der Waals surface area contributed by atoms with E-state index in [1.165, 1.54) is 0 Å². The molecule has 16 heavy (non-hydrogen) atoms. The van der Waals surface area contributed by atoms with Gasteiger partial charge in [-0.15, -0.1) is 0 Å². The highest BCUT2D eigenvalue weighted by Crippen LogP contribution is 2.11. The summed E-state index contributed by atoms with van der Waals surface area (Å²) in [6.45, 7) is 5.14. The van der Waals surface area contributed by atoms with Gasteiger partial charge in [0.05, 0.1) is 6.20 Å². The highest BCUT2D eigenvalue weighted by molar-refractivity contribution is 5.76. The van der Waals surface area contributed by atoms with Crippen molar-refractivity contribution < 1.29 is 4.79 Å². The maximum Gasteiger partial charge on any atom is 0.222 e. The lowest BCUT2D eigenvalue weighted by Gasteiger charge is -2.35. The van der Waals surface area contributed by atoms with E-state index in [1.807, 2.05) is 11.8 Å². The molecule has 1 aliphatic heterocycles. The molecule has 0 N–H and O–H groups in total. The van der Waals surface area contributed by atoms with E-state index in [0.29, 0.717) is 6.42 Å². The number of amides is 1. The highest BCUT2D eigenvalue weighted by atomic mass is 16.2. The molecular formula is C11H16N4O. The van der Waals surface area contributed by atoms with Gasteiger partial charge in [0.25, 0.3) is 0 Å². The topological polar surface area (TPSA) is 49.3 Å². The summed E-state index contributed by atoms with van der Waals surface area (Å²) in [5.41, 5.74) is 0. The zero-order valence-electron chi connectivity index (χ0n) is 9.46. The minimum Gasteiger partial charge on any atom is -0.352 e. The average Bonchev–Trinajstić information content (AvgIpc) is 2.39. The van der Waals surface area contributed by atoms with Crippen molar-refractivity contribution in [2.45, 2.75) is 13.3 Å². The number of aromatic nitrogens is 2. The lowest BCUT2D eigenvalue weighted by Crippen LogP contribution is -2.48. The molecule has 0 aromatic carbocycles. The molecule has 0 atom stereocenters. The normalized spacial score (nSPS) is 16.3. The van der Waals surface area contributed by atoms with Gasteiger partial charge in [0.2, 0.25) is 5.91 Å². The number of nitrogens with zero attached hydrogens (tertiary/aromatic N) is 4. The van der Waals surface area contributed by atoms with Crippen molar-refractivity contribution in [3.63, 3.8) is 0 Å². The average molecular weight is 220 g/mol. The molecule has 2 rings (SSSR count). The molecule has 0 spiro atoms. The van der Waals surface area contributed by atoms with Crippen molar-refractivity contribution in [1.29, 1.82) is 0 Å². The smallest absolute Gasteiger partial charge is 0.222 e. The number of carbonyl (C=O) groups excluding carboxylic acids is 1. The molecule has 0 aliphatic carbocycles. The fraction of sp³-hybridized carbons (Fsp3) is 0.545. The monoisotopic (exact) mass is 220 g/mol. The highest BCUT2D eigenvalue weighted by Gasteiger charge is 2.20. The Morgan fingerprint density at radius 2 is 2.06 bits per heavy atom. The molecule has 1 aromatic rings. The molecule has 86 valence electrons. The third-order valence-electron chi connectivity index (χ3n) is 2.81. The predicted octanol–water partition coefficient (Wildman–Crippen LogP) is 0.535. The van der Waals surface area contributed by atoms with Gasteiger partial charge in [-0.05, 0) is 0 Å². The van der Waals surface area contributed by atoms with E-state index in [1.54, 1.807) is 18.6 Å². The van der Waals surface area contributed by atoms with Crippen molar-refractivity contribution in [3.05, 3.63) is 18.6 Å². The van der Waals surface area contributed by atoms with Crippen LogP contribution in [-0.4, -0.2) is 47.0 Å². The number of piperazine rings is 1. The minimum atomic E-state index is 0.235. The molecule has 1 fully saturated rings. The van der Waals surface area contributed by atoms with Gasteiger partial charge in [0.15, 0.2) is 0 Å². The van der Waals surface area contributed by atoms with E-state index in [9.17, 15) is 4.79 Å². The summed E-state index contributed by atoms with van der Waals surface area (Å²) in [4.78, 5) is 23.9. The van der Waals surface area contributed by atoms with Crippen molar-refractivity contribution in [2.75, 3.05) is 31.1 Å². The lowest BCUT2D eigenvalue weighted by molar-refractivity contribution is -0.131. The van der Waals surface area contributed by atoms with Gasteiger partial charge in [0, 0.05) is 45.0 Å². The first-order chi connectivity index (χ1) is 7.81. The Morgan fingerprint density at radius 3 is 2.62 bits per heavy atom. The Labute approximate surface area is 95.1 Å². The summed E-state index contributed by atoms with van der Waals surface area (Å²) in [7, 11) is 0. The molecule has 0 radical (unpaired) electrons. The number of rotatable bonds is 2. The summed E-state index contributed by atoms with van der Waals surface area (Å²) in [6.07, 6.45) is 5.71. The van der Waals surface area contributed by atoms with Gasteiger partial charge in [-0.3, -0.25) is 9.78 Å². The first-order valence-corrected chi connectivity index (χ1v) is 5.60. The molecule has 1 saturated heterocycles. The number of hydrogen-bond donors (Lipinski definition) is 0. The SMILES string of the molecule is CCC(=O)N1CCN(c2cnccn2)CC1. The zero-order chi connectivity index (χ0) is 11.4. The first kappa shape index (κ1) is 10.9. The lowest BCUT2D eigenvalue weighted by atomic mass is 10.3. The molecule has 0 unspecified atom stereocenters. The Kier molecular flexibility index (Phi) is 3.34. The molecular weight excluding hydrogens is 204 g/mol. The second-order valence-corrected chi connectivity index (χ2v) is 3.78. The van der Waals surface area contributed by atoms with Gasteiger partial charge in [-0.2, -0.15) is 0 Å². The van der Waals surface area contributed by atoms with E-state index in [-0.39, 0.29) is 5.91 Å². The summed E-state index contributed by atoms with van der Waals surface area (Å²) in [5, 5.41) is 0. The van der Waals surface area contributed by atoms with Crippen LogP contribution < -0.4 is 4.90 Å². The molecule has 2 heterocycles. The summed E-state index contributed by atoms with van der Waals surface area (Å²) in [5.74, 6) is 1.13. The third-order valence-corrected chi connectivity index (χ3v) is 2.81. The van der Waals surface area contributed by atoms with Gasteiger partial charge in [-0.25, -0.2) is 4.98 Å². The van der Waals surface area contributed by atoms with Gasteiger partial charge < -0.3 is 9.80 Å². The van der Waals surface area contributed by atoms with Crippen LogP contribution in [0.15, 0.2) is 18.6 Å². The summed E-state index contributed by atoms with van der Waals surface area (Å²) >= 11 is 0.